The van der Waals surface area contributed by atoms with Crippen LogP contribution < -0.4 is 11.1 Å². The lowest BCUT2D eigenvalue weighted by Crippen LogP contribution is -2.13. The summed E-state index contributed by atoms with van der Waals surface area (Å²) in [5.74, 6) is -0.205. The molecule has 0 saturated carbocycles. The van der Waals surface area contributed by atoms with Crippen molar-refractivity contribution < 1.29 is 4.79 Å². The maximum Gasteiger partial charge on any atom is 0.256 e. The average Bonchev–Trinajstić information content (AvgIpc) is 2.48. The Balaban J connectivity index is 2.06. The van der Waals surface area contributed by atoms with Crippen LogP contribution in [0.3, 0.4) is 0 Å². The number of nitrogens with two attached hydrogens (primary N) is 1. The average molecular weight is 278 g/mol. The molecule has 0 aliphatic heterocycles. The highest BCUT2D eigenvalue weighted by molar-refractivity contribution is 6.12. The summed E-state index contributed by atoms with van der Waals surface area (Å²) < 4.78 is 0. The van der Waals surface area contributed by atoms with Gasteiger partial charge in [0.1, 0.15) is 0 Å². The van der Waals surface area contributed by atoms with E-state index >= 15 is 0 Å². The third kappa shape index (κ3) is 2.67. The summed E-state index contributed by atoms with van der Waals surface area (Å²) in [7, 11) is 0. The van der Waals surface area contributed by atoms with Gasteiger partial charge in [-0.2, -0.15) is 0 Å². The van der Waals surface area contributed by atoms with Crippen molar-refractivity contribution in [1.29, 1.82) is 0 Å². The Hall–Kier alpha value is -2.95. The Bertz CT molecular complexity index is 815. The summed E-state index contributed by atoms with van der Waals surface area (Å²) in [6.45, 7) is 1.86. The second kappa shape index (κ2) is 5.20. The molecule has 0 aliphatic carbocycles. The van der Waals surface area contributed by atoms with E-state index in [1.54, 1.807) is 42.7 Å². The molecule has 0 saturated heterocycles. The van der Waals surface area contributed by atoms with Crippen LogP contribution in [0, 0.1) is 6.92 Å². The van der Waals surface area contributed by atoms with Crippen molar-refractivity contribution in [3.05, 3.63) is 60.0 Å². The van der Waals surface area contributed by atoms with Crippen molar-refractivity contribution in [2.45, 2.75) is 6.92 Å². The number of aromatic nitrogens is 2. The number of nitrogens with one attached hydrogen (secondary N) is 1. The van der Waals surface area contributed by atoms with Crippen LogP contribution in [0.1, 0.15) is 16.1 Å². The first-order valence-corrected chi connectivity index (χ1v) is 6.52. The van der Waals surface area contributed by atoms with E-state index in [1.807, 2.05) is 13.0 Å². The fourth-order valence-electron chi connectivity index (χ4n) is 2.20. The number of nitrogens with zero attached hydrogens (tertiary/aromatic N) is 2. The topological polar surface area (TPSA) is 80.9 Å². The molecule has 0 bridgehead atoms. The molecule has 2 heterocycles. The number of carbonyl (C=O) groups is 1. The lowest BCUT2D eigenvalue weighted by atomic mass is 10.1. The number of fused-ring (bicyclic) bond motifs is 1. The molecular formula is C16H14N4O. The van der Waals surface area contributed by atoms with E-state index in [-0.39, 0.29) is 5.91 Å². The first-order chi connectivity index (χ1) is 10.1. The normalized spacial score (nSPS) is 10.5. The fourth-order valence-corrected chi connectivity index (χ4v) is 2.20. The van der Waals surface area contributed by atoms with Gasteiger partial charge in [0.15, 0.2) is 0 Å². The molecular weight excluding hydrogens is 264 g/mol. The fraction of sp³-hybridized carbons (Fsp3) is 0.0625. The van der Waals surface area contributed by atoms with E-state index in [0.717, 1.165) is 16.6 Å². The summed E-state index contributed by atoms with van der Waals surface area (Å²) >= 11 is 0. The lowest BCUT2D eigenvalue weighted by Gasteiger charge is -2.09. The van der Waals surface area contributed by atoms with Crippen molar-refractivity contribution in [1.82, 2.24) is 9.97 Å². The number of hydrogen-bond acceptors (Lipinski definition) is 4. The standard InChI is InChI=1S/C16H14N4O/c1-10-7-14(13-8-11(17)4-5-15(13)19-10)16(21)20-12-3-2-6-18-9-12/h2-9H,17H2,1H3,(H,20,21). The zero-order valence-corrected chi connectivity index (χ0v) is 11.5. The van der Waals surface area contributed by atoms with E-state index in [1.165, 1.54) is 0 Å². The van der Waals surface area contributed by atoms with Crippen LogP contribution in [-0.2, 0) is 0 Å². The SMILES string of the molecule is Cc1cc(C(=O)Nc2cccnc2)c2cc(N)ccc2n1. The van der Waals surface area contributed by atoms with Crippen LogP contribution >= 0.6 is 0 Å². The van der Waals surface area contributed by atoms with Gasteiger partial charge in [0.05, 0.1) is 23.0 Å². The molecule has 3 N–H and O–H groups in total. The summed E-state index contributed by atoms with van der Waals surface area (Å²) in [4.78, 5) is 20.9. The van der Waals surface area contributed by atoms with Crippen molar-refractivity contribution >= 4 is 28.2 Å². The number of hydrogen-bond donors (Lipinski definition) is 2. The third-order valence-electron chi connectivity index (χ3n) is 3.12. The van der Waals surface area contributed by atoms with Gasteiger partial charge < -0.3 is 11.1 Å². The van der Waals surface area contributed by atoms with Gasteiger partial charge in [0.25, 0.3) is 5.91 Å². The molecule has 0 radical (unpaired) electrons. The van der Waals surface area contributed by atoms with Gasteiger partial charge in [-0.3, -0.25) is 14.8 Å². The molecule has 104 valence electrons. The first-order valence-electron chi connectivity index (χ1n) is 6.52. The van der Waals surface area contributed by atoms with E-state index in [2.05, 4.69) is 15.3 Å². The highest BCUT2D eigenvalue weighted by atomic mass is 16.1. The number of rotatable bonds is 2. The Labute approximate surface area is 121 Å². The van der Waals surface area contributed by atoms with Crippen LogP contribution in [0.4, 0.5) is 11.4 Å². The van der Waals surface area contributed by atoms with E-state index in [0.29, 0.717) is 16.9 Å². The number of aryl methyl sites for hydroxylation is 1. The van der Waals surface area contributed by atoms with Gasteiger partial charge in [-0.15, -0.1) is 0 Å². The van der Waals surface area contributed by atoms with Crippen LogP contribution in [0.2, 0.25) is 0 Å². The molecule has 1 aromatic carbocycles. The minimum atomic E-state index is -0.205. The zero-order valence-electron chi connectivity index (χ0n) is 11.5. The molecule has 21 heavy (non-hydrogen) atoms. The Morgan fingerprint density at radius 3 is 2.86 bits per heavy atom. The molecule has 5 nitrogen and oxygen atoms in total. The number of nitrogen functional groups attached to an aromatic ring is 1. The number of amides is 1. The van der Waals surface area contributed by atoms with Gasteiger partial charge >= 0.3 is 0 Å². The molecule has 0 aliphatic rings. The highest BCUT2D eigenvalue weighted by Gasteiger charge is 2.12. The van der Waals surface area contributed by atoms with Gasteiger partial charge in [0.2, 0.25) is 0 Å². The minimum Gasteiger partial charge on any atom is -0.399 e. The van der Waals surface area contributed by atoms with Crippen molar-refractivity contribution in [2.75, 3.05) is 11.1 Å². The minimum absolute atomic E-state index is 0.205. The monoisotopic (exact) mass is 278 g/mol. The number of carbonyl (C=O) groups excluding carboxylic acids is 1. The quantitative estimate of drug-likeness (QED) is 0.706. The van der Waals surface area contributed by atoms with Crippen LogP contribution in [-0.4, -0.2) is 15.9 Å². The number of anilines is 2. The lowest BCUT2D eigenvalue weighted by molar-refractivity contribution is 0.102. The summed E-state index contributed by atoms with van der Waals surface area (Å²) in [5.41, 5.74) is 9.14. The van der Waals surface area contributed by atoms with Crippen LogP contribution in [0.5, 0.6) is 0 Å². The predicted molar refractivity (Wildman–Crippen MR) is 83.1 cm³/mol. The second-order valence-corrected chi connectivity index (χ2v) is 4.78. The smallest absolute Gasteiger partial charge is 0.256 e. The van der Waals surface area contributed by atoms with Crippen molar-refractivity contribution in [3.63, 3.8) is 0 Å². The number of pyridine rings is 2. The highest BCUT2D eigenvalue weighted by Crippen LogP contribution is 2.22. The van der Waals surface area contributed by atoms with Crippen molar-refractivity contribution in [3.8, 4) is 0 Å². The summed E-state index contributed by atoms with van der Waals surface area (Å²) in [6.07, 6.45) is 3.25. The molecule has 5 heteroatoms. The third-order valence-corrected chi connectivity index (χ3v) is 3.12. The summed E-state index contributed by atoms with van der Waals surface area (Å²) in [5, 5.41) is 3.56. The maximum atomic E-state index is 12.5. The van der Waals surface area contributed by atoms with Gasteiger partial charge in [-0.05, 0) is 43.3 Å². The van der Waals surface area contributed by atoms with Crippen LogP contribution in [0.15, 0.2) is 48.8 Å². The summed E-state index contributed by atoms with van der Waals surface area (Å²) in [6, 6.07) is 10.7. The second-order valence-electron chi connectivity index (χ2n) is 4.78. The van der Waals surface area contributed by atoms with E-state index in [9.17, 15) is 4.79 Å². The van der Waals surface area contributed by atoms with Crippen molar-refractivity contribution in [2.24, 2.45) is 0 Å². The molecule has 3 aromatic rings. The molecule has 1 amide bonds. The molecule has 0 fully saturated rings. The molecule has 0 spiro atoms. The Morgan fingerprint density at radius 1 is 1.24 bits per heavy atom. The van der Waals surface area contributed by atoms with E-state index < -0.39 is 0 Å². The van der Waals surface area contributed by atoms with Crippen LogP contribution in [0.25, 0.3) is 10.9 Å². The Morgan fingerprint density at radius 2 is 2.10 bits per heavy atom. The maximum absolute atomic E-state index is 12.5. The Kier molecular flexibility index (Phi) is 3.23. The molecule has 0 unspecified atom stereocenters. The van der Waals surface area contributed by atoms with Gasteiger partial charge in [-0.25, -0.2) is 0 Å². The molecule has 2 aromatic heterocycles. The zero-order chi connectivity index (χ0) is 14.8. The molecule has 0 atom stereocenters. The predicted octanol–water partition coefficient (Wildman–Crippen LogP) is 2.77. The molecule has 3 rings (SSSR count). The van der Waals surface area contributed by atoms with E-state index in [4.69, 9.17) is 5.73 Å². The van der Waals surface area contributed by atoms with Gasteiger partial charge in [-0.1, -0.05) is 0 Å². The first kappa shape index (κ1) is 13.1. The number of benzene rings is 1. The largest absolute Gasteiger partial charge is 0.399 e. The van der Waals surface area contributed by atoms with Gasteiger partial charge in [0, 0.05) is 23.0 Å².